The predicted molar refractivity (Wildman–Crippen MR) is 69.4 cm³/mol. The number of aryl methyl sites for hydroxylation is 1. The molecule has 0 amide bonds. The highest BCUT2D eigenvalue weighted by atomic mass is 32.1. The van der Waals surface area contributed by atoms with Crippen molar-refractivity contribution in [3.63, 3.8) is 0 Å². The van der Waals surface area contributed by atoms with Crippen molar-refractivity contribution in [2.75, 3.05) is 0 Å². The van der Waals surface area contributed by atoms with Gasteiger partial charge in [-0.25, -0.2) is 9.37 Å². The van der Waals surface area contributed by atoms with Gasteiger partial charge >= 0.3 is 0 Å². The Morgan fingerprint density at radius 3 is 3.00 bits per heavy atom. The average molecular weight is 262 g/mol. The van der Waals surface area contributed by atoms with Crippen LogP contribution in [0.4, 0.5) is 4.39 Å². The molecule has 0 radical (unpaired) electrons. The van der Waals surface area contributed by atoms with E-state index in [2.05, 4.69) is 9.97 Å². The molecule has 0 saturated heterocycles. The van der Waals surface area contributed by atoms with Crippen LogP contribution in [0.25, 0.3) is 11.0 Å². The van der Waals surface area contributed by atoms with Crippen LogP contribution in [-0.2, 0) is 13.6 Å². The van der Waals surface area contributed by atoms with Gasteiger partial charge in [-0.3, -0.25) is 0 Å². The van der Waals surface area contributed by atoms with Crippen molar-refractivity contribution in [2.24, 2.45) is 7.05 Å². The number of nitrogens with one attached hydrogen (secondary N) is 1. The van der Waals surface area contributed by atoms with Gasteiger partial charge in [-0.2, -0.15) is 0 Å². The van der Waals surface area contributed by atoms with Gasteiger partial charge in [0, 0.05) is 19.4 Å². The van der Waals surface area contributed by atoms with E-state index in [9.17, 15) is 4.39 Å². The van der Waals surface area contributed by atoms with Crippen molar-refractivity contribution in [1.29, 1.82) is 0 Å². The van der Waals surface area contributed by atoms with E-state index in [4.69, 9.17) is 12.2 Å². The van der Waals surface area contributed by atoms with Gasteiger partial charge in [0.2, 0.25) is 0 Å². The van der Waals surface area contributed by atoms with Crippen molar-refractivity contribution in [3.8, 4) is 0 Å². The van der Waals surface area contributed by atoms with Gasteiger partial charge in [-0.1, -0.05) is 0 Å². The third kappa shape index (κ3) is 1.74. The number of nitrogens with zero attached hydrogens (tertiary/aromatic N) is 3. The number of hydrogen-bond donors (Lipinski definition) is 1. The number of imidazole rings is 2. The Morgan fingerprint density at radius 1 is 1.44 bits per heavy atom. The summed E-state index contributed by atoms with van der Waals surface area (Å²) in [7, 11) is 1.93. The van der Waals surface area contributed by atoms with E-state index in [0.717, 1.165) is 11.3 Å². The highest BCUT2D eigenvalue weighted by Crippen LogP contribution is 2.16. The first-order valence-electron chi connectivity index (χ1n) is 5.49. The Bertz CT molecular complexity index is 768. The first-order chi connectivity index (χ1) is 8.65. The molecule has 3 aromatic rings. The number of fused-ring (bicyclic) bond motifs is 1. The molecule has 3 rings (SSSR count). The Hall–Kier alpha value is -1.95. The summed E-state index contributed by atoms with van der Waals surface area (Å²) < 4.78 is 17.6. The minimum absolute atomic E-state index is 0.275. The third-order valence-electron chi connectivity index (χ3n) is 2.96. The fourth-order valence-electron chi connectivity index (χ4n) is 1.98. The summed E-state index contributed by atoms with van der Waals surface area (Å²) in [4.78, 5) is 7.26. The van der Waals surface area contributed by atoms with Crippen molar-refractivity contribution >= 4 is 23.3 Å². The minimum Gasteiger partial charge on any atom is -0.337 e. The van der Waals surface area contributed by atoms with Crippen LogP contribution in [0.2, 0.25) is 0 Å². The zero-order chi connectivity index (χ0) is 12.7. The van der Waals surface area contributed by atoms with Gasteiger partial charge in [0.25, 0.3) is 0 Å². The standard InChI is InChI=1S/C12H11FN4S/c1-16-5-4-14-11(16)7-17-10-3-2-8(13)6-9(10)15-12(17)18/h2-6H,7H2,1H3,(H,15,18). The molecule has 0 unspecified atom stereocenters. The summed E-state index contributed by atoms with van der Waals surface area (Å²) in [6.07, 6.45) is 3.63. The normalized spacial score (nSPS) is 11.2. The molecule has 0 fully saturated rings. The topological polar surface area (TPSA) is 38.5 Å². The predicted octanol–water partition coefficient (Wildman–Crippen LogP) is 2.62. The van der Waals surface area contributed by atoms with Crippen LogP contribution in [0.15, 0.2) is 30.6 Å². The summed E-state index contributed by atoms with van der Waals surface area (Å²) in [5.74, 6) is 0.624. The van der Waals surface area contributed by atoms with Crippen molar-refractivity contribution in [3.05, 3.63) is 47.0 Å². The smallest absolute Gasteiger partial charge is 0.178 e. The summed E-state index contributed by atoms with van der Waals surface area (Å²) in [6, 6.07) is 4.60. The number of aromatic amines is 1. The first-order valence-corrected chi connectivity index (χ1v) is 5.90. The highest BCUT2D eigenvalue weighted by molar-refractivity contribution is 7.71. The lowest BCUT2D eigenvalue weighted by atomic mass is 10.3. The van der Waals surface area contributed by atoms with Crippen LogP contribution >= 0.6 is 12.2 Å². The second kappa shape index (κ2) is 4.06. The molecule has 0 bridgehead atoms. The van der Waals surface area contributed by atoms with E-state index >= 15 is 0 Å². The highest BCUT2D eigenvalue weighted by Gasteiger charge is 2.08. The molecule has 18 heavy (non-hydrogen) atoms. The molecule has 1 aromatic carbocycles. The summed E-state index contributed by atoms with van der Waals surface area (Å²) in [6.45, 7) is 0.563. The first kappa shape index (κ1) is 11.2. The molecule has 6 heteroatoms. The van der Waals surface area contributed by atoms with E-state index in [1.807, 2.05) is 22.4 Å². The second-order valence-corrected chi connectivity index (χ2v) is 4.52. The zero-order valence-electron chi connectivity index (χ0n) is 9.72. The lowest BCUT2D eigenvalue weighted by Gasteiger charge is -2.04. The lowest BCUT2D eigenvalue weighted by molar-refractivity contribution is 0.629. The summed E-state index contributed by atoms with van der Waals surface area (Å²) in [5, 5.41) is 0. The maximum atomic E-state index is 13.1. The Balaban J connectivity index is 2.15. The molecule has 2 heterocycles. The Labute approximate surface area is 108 Å². The third-order valence-corrected chi connectivity index (χ3v) is 3.28. The van der Waals surface area contributed by atoms with Crippen LogP contribution in [0.3, 0.4) is 0 Å². The van der Waals surface area contributed by atoms with E-state index in [-0.39, 0.29) is 5.82 Å². The molecular formula is C12H11FN4S. The molecule has 0 atom stereocenters. The molecule has 4 nitrogen and oxygen atoms in total. The fourth-order valence-corrected chi connectivity index (χ4v) is 2.26. The molecule has 0 aliphatic heterocycles. The monoisotopic (exact) mass is 262 g/mol. The van der Waals surface area contributed by atoms with Crippen molar-refractivity contribution in [1.82, 2.24) is 19.1 Å². The van der Waals surface area contributed by atoms with Gasteiger partial charge in [0.1, 0.15) is 11.6 Å². The zero-order valence-corrected chi connectivity index (χ0v) is 10.5. The van der Waals surface area contributed by atoms with Crippen LogP contribution in [-0.4, -0.2) is 19.1 Å². The van der Waals surface area contributed by atoms with Gasteiger partial charge < -0.3 is 14.1 Å². The van der Waals surface area contributed by atoms with Crippen LogP contribution in [0.1, 0.15) is 5.82 Å². The van der Waals surface area contributed by atoms with Crippen LogP contribution < -0.4 is 0 Å². The number of hydrogen-bond acceptors (Lipinski definition) is 2. The van der Waals surface area contributed by atoms with Crippen molar-refractivity contribution in [2.45, 2.75) is 6.54 Å². The molecular weight excluding hydrogens is 251 g/mol. The number of benzene rings is 1. The number of aromatic nitrogens is 4. The maximum Gasteiger partial charge on any atom is 0.178 e. The van der Waals surface area contributed by atoms with Crippen LogP contribution in [0.5, 0.6) is 0 Å². The van der Waals surface area contributed by atoms with E-state index in [1.54, 1.807) is 12.3 Å². The maximum absolute atomic E-state index is 13.1. The largest absolute Gasteiger partial charge is 0.337 e. The van der Waals surface area contributed by atoms with Crippen LogP contribution in [0, 0.1) is 10.6 Å². The molecule has 0 spiro atoms. The average Bonchev–Trinajstić information content (AvgIpc) is 2.85. The quantitative estimate of drug-likeness (QED) is 0.721. The van der Waals surface area contributed by atoms with Gasteiger partial charge in [-0.15, -0.1) is 0 Å². The SMILES string of the molecule is Cn1ccnc1Cn1c(=S)[nH]c2cc(F)ccc21. The minimum atomic E-state index is -0.275. The number of H-pyrrole nitrogens is 1. The summed E-state index contributed by atoms with van der Waals surface area (Å²) in [5.41, 5.74) is 1.58. The van der Waals surface area contributed by atoms with Gasteiger partial charge in [0.05, 0.1) is 17.6 Å². The number of rotatable bonds is 2. The molecule has 92 valence electrons. The molecule has 1 N–H and O–H groups in total. The molecule has 0 saturated carbocycles. The molecule has 0 aliphatic carbocycles. The van der Waals surface area contributed by atoms with Gasteiger partial charge in [-0.05, 0) is 30.4 Å². The lowest BCUT2D eigenvalue weighted by Crippen LogP contribution is -2.05. The molecule has 0 aliphatic rings. The summed E-state index contributed by atoms with van der Waals surface area (Å²) >= 11 is 5.26. The van der Waals surface area contributed by atoms with E-state index in [0.29, 0.717) is 16.8 Å². The second-order valence-electron chi connectivity index (χ2n) is 4.13. The Kier molecular flexibility index (Phi) is 2.52. The van der Waals surface area contributed by atoms with E-state index in [1.165, 1.54) is 12.1 Å². The molecule has 2 aromatic heterocycles. The Morgan fingerprint density at radius 2 is 2.28 bits per heavy atom. The van der Waals surface area contributed by atoms with Gasteiger partial charge in [0.15, 0.2) is 4.77 Å². The van der Waals surface area contributed by atoms with E-state index < -0.39 is 0 Å². The fraction of sp³-hybridized carbons (Fsp3) is 0.167. The van der Waals surface area contributed by atoms with Crippen molar-refractivity contribution < 1.29 is 4.39 Å². The number of halogens is 1.